The molecular formula is C13H16O. The monoisotopic (exact) mass is 188 g/mol. The summed E-state index contributed by atoms with van der Waals surface area (Å²) >= 11 is 0. The van der Waals surface area contributed by atoms with Gasteiger partial charge in [0.1, 0.15) is 5.78 Å². The molecule has 1 aliphatic rings. The van der Waals surface area contributed by atoms with Crippen molar-refractivity contribution < 1.29 is 4.79 Å². The highest BCUT2D eigenvalue weighted by Gasteiger charge is 2.26. The SMILES string of the molecule is CCCC(=O)C1CCc2ccccc21. The van der Waals surface area contributed by atoms with Gasteiger partial charge in [-0.25, -0.2) is 0 Å². The zero-order chi connectivity index (χ0) is 9.97. The number of carbonyl (C=O) groups excluding carboxylic acids is 1. The summed E-state index contributed by atoms with van der Waals surface area (Å²) in [5, 5.41) is 0. The minimum absolute atomic E-state index is 0.200. The highest BCUT2D eigenvalue weighted by Crippen LogP contribution is 2.34. The molecule has 2 rings (SSSR count). The van der Waals surface area contributed by atoms with E-state index < -0.39 is 0 Å². The van der Waals surface area contributed by atoms with E-state index in [0.717, 1.165) is 25.7 Å². The van der Waals surface area contributed by atoms with Crippen LogP contribution in [0.2, 0.25) is 0 Å². The van der Waals surface area contributed by atoms with Gasteiger partial charge in [-0.2, -0.15) is 0 Å². The van der Waals surface area contributed by atoms with Crippen LogP contribution in [0.1, 0.15) is 43.2 Å². The molecule has 1 atom stereocenters. The van der Waals surface area contributed by atoms with Gasteiger partial charge >= 0.3 is 0 Å². The van der Waals surface area contributed by atoms with Crippen LogP contribution in [0.5, 0.6) is 0 Å². The average molecular weight is 188 g/mol. The minimum atomic E-state index is 0.200. The highest BCUT2D eigenvalue weighted by atomic mass is 16.1. The molecule has 14 heavy (non-hydrogen) atoms. The molecule has 74 valence electrons. The van der Waals surface area contributed by atoms with Crippen LogP contribution in [0.25, 0.3) is 0 Å². The Balaban J connectivity index is 2.21. The van der Waals surface area contributed by atoms with Gasteiger partial charge in [0, 0.05) is 12.3 Å². The van der Waals surface area contributed by atoms with Gasteiger partial charge in [-0.3, -0.25) is 4.79 Å². The van der Waals surface area contributed by atoms with Crippen molar-refractivity contribution in [2.24, 2.45) is 0 Å². The van der Waals surface area contributed by atoms with Gasteiger partial charge in [0.2, 0.25) is 0 Å². The third-order valence-corrected chi connectivity index (χ3v) is 3.02. The summed E-state index contributed by atoms with van der Waals surface area (Å²) in [4.78, 5) is 11.8. The number of rotatable bonds is 3. The Morgan fingerprint density at radius 1 is 1.43 bits per heavy atom. The number of hydrogen-bond acceptors (Lipinski definition) is 1. The van der Waals surface area contributed by atoms with Gasteiger partial charge in [0.15, 0.2) is 0 Å². The fourth-order valence-corrected chi connectivity index (χ4v) is 2.31. The summed E-state index contributed by atoms with van der Waals surface area (Å²) in [6.45, 7) is 2.07. The van der Waals surface area contributed by atoms with Crippen molar-refractivity contribution in [2.45, 2.75) is 38.5 Å². The van der Waals surface area contributed by atoms with E-state index in [4.69, 9.17) is 0 Å². The number of carbonyl (C=O) groups is 1. The number of fused-ring (bicyclic) bond motifs is 1. The molecule has 0 amide bonds. The molecule has 0 heterocycles. The van der Waals surface area contributed by atoms with Crippen molar-refractivity contribution in [1.82, 2.24) is 0 Å². The topological polar surface area (TPSA) is 17.1 Å². The van der Waals surface area contributed by atoms with Crippen LogP contribution < -0.4 is 0 Å². The third-order valence-electron chi connectivity index (χ3n) is 3.02. The molecule has 0 aliphatic heterocycles. The Morgan fingerprint density at radius 2 is 2.21 bits per heavy atom. The van der Waals surface area contributed by atoms with E-state index in [1.165, 1.54) is 11.1 Å². The van der Waals surface area contributed by atoms with E-state index in [2.05, 4.69) is 25.1 Å². The van der Waals surface area contributed by atoms with E-state index in [1.54, 1.807) is 0 Å². The second-order valence-corrected chi connectivity index (χ2v) is 4.01. The van der Waals surface area contributed by atoms with Crippen LogP contribution in [0.3, 0.4) is 0 Å². The molecule has 0 N–H and O–H groups in total. The van der Waals surface area contributed by atoms with Gasteiger partial charge in [0.25, 0.3) is 0 Å². The largest absolute Gasteiger partial charge is 0.299 e. The first-order valence-electron chi connectivity index (χ1n) is 5.43. The standard InChI is InChI=1S/C13H16O/c1-2-5-13(14)12-9-8-10-6-3-4-7-11(10)12/h3-4,6-7,12H,2,5,8-9H2,1H3. The van der Waals surface area contributed by atoms with E-state index in [9.17, 15) is 4.79 Å². The summed E-state index contributed by atoms with van der Waals surface area (Å²) in [7, 11) is 0. The molecule has 1 heteroatoms. The van der Waals surface area contributed by atoms with Crippen LogP contribution in [0.15, 0.2) is 24.3 Å². The summed E-state index contributed by atoms with van der Waals surface area (Å²) < 4.78 is 0. The number of ketones is 1. The zero-order valence-electron chi connectivity index (χ0n) is 8.62. The summed E-state index contributed by atoms with van der Waals surface area (Å²) in [5.41, 5.74) is 2.66. The lowest BCUT2D eigenvalue weighted by Gasteiger charge is -2.08. The van der Waals surface area contributed by atoms with Crippen molar-refractivity contribution >= 4 is 5.78 Å². The molecule has 1 aliphatic carbocycles. The van der Waals surface area contributed by atoms with Gasteiger partial charge in [-0.05, 0) is 30.4 Å². The van der Waals surface area contributed by atoms with Crippen LogP contribution in [0, 0.1) is 0 Å². The maximum Gasteiger partial charge on any atom is 0.140 e. The molecular weight excluding hydrogens is 172 g/mol. The van der Waals surface area contributed by atoms with Gasteiger partial charge in [-0.1, -0.05) is 31.2 Å². The lowest BCUT2D eigenvalue weighted by Crippen LogP contribution is -2.08. The van der Waals surface area contributed by atoms with E-state index in [0.29, 0.717) is 5.78 Å². The summed E-state index contributed by atoms with van der Waals surface area (Å²) in [6.07, 6.45) is 3.81. The molecule has 0 radical (unpaired) electrons. The number of Topliss-reactive ketones (excluding diaryl/α,β-unsaturated/α-hetero) is 1. The van der Waals surface area contributed by atoms with Crippen LogP contribution in [-0.4, -0.2) is 5.78 Å². The van der Waals surface area contributed by atoms with Crippen molar-refractivity contribution in [1.29, 1.82) is 0 Å². The predicted octanol–water partition coefficient (Wildman–Crippen LogP) is 3.09. The van der Waals surface area contributed by atoms with Crippen LogP contribution in [0.4, 0.5) is 0 Å². The average Bonchev–Trinajstić information content (AvgIpc) is 2.61. The Kier molecular flexibility index (Phi) is 2.67. The fraction of sp³-hybridized carbons (Fsp3) is 0.462. The molecule has 0 saturated carbocycles. The number of benzene rings is 1. The second-order valence-electron chi connectivity index (χ2n) is 4.01. The van der Waals surface area contributed by atoms with E-state index in [1.807, 2.05) is 6.07 Å². The Morgan fingerprint density at radius 3 is 3.00 bits per heavy atom. The van der Waals surface area contributed by atoms with Crippen molar-refractivity contribution in [3.05, 3.63) is 35.4 Å². The quantitative estimate of drug-likeness (QED) is 0.712. The Hall–Kier alpha value is -1.11. The molecule has 0 fully saturated rings. The summed E-state index contributed by atoms with van der Waals surface area (Å²) in [6, 6.07) is 8.36. The zero-order valence-corrected chi connectivity index (χ0v) is 8.62. The van der Waals surface area contributed by atoms with E-state index in [-0.39, 0.29) is 5.92 Å². The van der Waals surface area contributed by atoms with Gasteiger partial charge in [0.05, 0.1) is 0 Å². The first-order chi connectivity index (χ1) is 6.83. The normalized spacial score (nSPS) is 19.4. The van der Waals surface area contributed by atoms with Gasteiger partial charge < -0.3 is 0 Å². The molecule has 1 aromatic rings. The molecule has 1 unspecified atom stereocenters. The Bertz CT molecular complexity index is 341. The lowest BCUT2D eigenvalue weighted by molar-refractivity contribution is -0.120. The van der Waals surface area contributed by atoms with E-state index >= 15 is 0 Å². The third kappa shape index (κ3) is 1.59. The number of aryl methyl sites for hydroxylation is 1. The first kappa shape index (κ1) is 9.45. The van der Waals surface area contributed by atoms with Gasteiger partial charge in [-0.15, -0.1) is 0 Å². The maximum atomic E-state index is 11.8. The molecule has 0 saturated heterocycles. The Labute approximate surface area is 85.1 Å². The number of hydrogen-bond donors (Lipinski definition) is 0. The molecule has 0 bridgehead atoms. The lowest BCUT2D eigenvalue weighted by atomic mass is 9.94. The summed E-state index contributed by atoms with van der Waals surface area (Å²) in [5.74, 6) is 0.628. The minimum Gasteiger partial charge on any atom is -0.299 e. The van der Waals surface area contributed by atoms with Crippen molar-refractivity contribution in [3.8, 4) is 0 Å². The fourth-order valence-electron chi connectivity index (χ4n) is 2.31. The smallest absolute Gasteiger partial charge is 0.140 e. The van der Waals surface area contributed by atoms with Crippen molar-refractivity contribution in [3.63, 3.8) is 0 Å². The van der Waals surface area contributed by atoms with Crippen LogP contribution >= 0.6 is 0 Å². The molecule has 1 aromatic carbocycles. The van der Waals surface area contributed by atoms with Crippen LogP contribution in [-0.2, 0) is 11.2 Å². The second kappa shape index (κ2) is 3.95. The highest BCUT2D eigenvalue weighted by molar-refractivity contribution is 5.86. The maximum absolute atomic E-state index is 11.8. The molecule has 0 aromatic heterocycles. The predicted molar refractivity (Wildman–Crippen MR) is 57.4 cm³/mol. The van der Waals surface area contributed by atoms with Crippen molar-refractivity contribution in [2.75, 3.05) is 0 Å². The molecule has 0 spiro atoms. The first-order valence-corrected chi connectivity index (χ1v) is 5.43. The molecule has 1 nitrogen and oxygen atoms in total.